The van der Waals surface area contributed by atoms with E-state index in [1.165, 1.54) is 75.8 Å². The maximum Gasteiger partial charge on any atom is 0.201 e. The molecule has 36 heavy (non-hydrogen) atoms. The number of aryl methyl sites for hydroxylation is 1. The summed E-state index contributed by atoms with van der Waals surface area (Å²) in [6.45, 7) is 4.39. The highest BCUT2D eigenvalue weighted by atomic mass is 28.3. The van der Waals surface area contributed by atoms with Gasteiger partial charge in [-0.25, -0.2) is 4.39 Å². The average molecular weight is 512 g/mol. The Morgan fingerprint density at radius 3 is 2.17 bits per heavy atom. The van der Waals surface area contributed by atoms with Crippen molar-refractivity contribution in [2.75, 3.05) is 6.61 Å². The molecule has 0 unspecified atom stereocenters. The molecule has 2 aliphatic rings. The van der Waals surface area contributed by atoms with E-state index in [1.54, 1.807) is 31.1 Å². The molecule has 4 rings (SSSR count). The Bertz CT molecular complexity index is 928. The summed E-state index contributed by atoms with van der Waals surface area (Å²) in [5.41, 5.74) is 2.29. The third kappa shape index (κ3) is 7.21. The molecule has 0 aromatic heterocycles. The van der Waals surface area contributed by atoms with Crippen LogP contribution in [0.25, 0.3) is 11.1 Å². The fraction of sp³-hybridized carbons (Fsp3) is 0.625. The van der Waals surface area contributed by atoms with Gasteiger partial charge in [-0.1, -0.05) is 94.3 Å². The second-order valence-electron chi connectivity index (χ2n) is 11.2. The summed E-state index contributed by atoms with van der Waals surface area (Å²) < 4.78 is 34.0. The average Bonchev–Trinajstić information content (AvgIpc) is 2.92. The van der Waals surface area contributed by atoms with Gasteiger partial charge in [0, 0.05) is 14.4 Å². The van der Waals surface area contributed by atoms with E-state index in [9.17, 15) is 8.78 Å². The van der Waals surface area contributed by atoms with Crippen molar-refractivity contribution in [3.8, 4) is 16.9 Å². The lowest BCUT2D eigenvalue weighted by molar-refractivity contribution is 0.186. The zero-order chi connectivity index (χ0) is 25.3. The number of halogens is 2. The highest BCUT2D eigenvalue weighted by Crippen LogP contribution is 2.42. The maximum absolute atomic E-state index is 14.6. The van der Waals surface area contributed by atoms with Crippen LogP contribution in [0.2, 0.25) is 18.1 Å². The summed E-state index contributed by atoms with van der Waals surface area (Å²) in [6, 6.07) is 15.9. The van der Waals surface area contributed by atoms with Crippen LogP contribution in [0.5, 0.6) is 5.75 Å². The van der Waals surface area contributed by atoms with Crippen LogP contribution in [0.1, 0.15) is 83.6 Å². The normalized spacial score (nSPS) is 21.6. The van der Waals surface area contributed by atoms with E-state index in [0.29, 0.717) is 12.2 Å². The fourth-order valence-electron chi connectivity index (χ4n) is 6.59. The molecule has 1 aliphatic heterocycles. The maximum atomic E-state index is 14.6. The van der Waals surface area contributed by atoms with Crippen LogP contribution in [0.3, 0.4) is 0 Å². The lowest BCUT2D eigenvalue weighted by Crippen LogP contribution is -2.28. The molecule has 1 aliphatic carbocycles. The van der Waals surface area contributed by atoms with Crippen LogP contribution in [-0.4, -0.2) is 15.4 Å². The zero-order valence-corrected chi connectivity index (χ0v) is 23.5. The molecule has 4 heteroatoms. The van der Waals surface area contributed by atoms with Crippen molar-refractivity contribution in [1.29, 1.82) is 0 Å². The van der Waals surface area contributed by atoms with Crippen molar-refractivity contribution in [3.63, 3.8) is 0 Å². The molecular formula is C32H45F2OSi. The van der Waals surface area contributed by atoms with Gasteiger partial charge in [0.25, 0.3) is 0 Å². The minimum atomic E-state index is -0.907. The Hall–Kier alpha value is -1.68. The second kappa shape index (κ2) is 13.7. The first-order valence-electron chi connectivity index (χ1n) is 14.6. The Kier molecular flexibility index (Phi) is 10.4. The van der Waals surface area contributed by atoms with Gasteiger partial charge in [0.1, 0.15) is 0 Å². The number of hydrogen-bond acceptors (Lipinski definition) is 1. The fourth-order valence-corrected chi connectivity index (χ4v) is 9.64. The number of rotatable bonds is 11. The summed E-state index contributed by atoms with van der Waals surface area (Å²) in [5, 5.41) is 0. The van der Waals surface area contributed by atoms with E-state index in [0.717, 1.165) is 24.2 Å². The topological polar surface area (TPSA) is 9.23 Å². The van der Waals surface area contributed by atoms with E-state index < -0.39 is 11.6 Å². The summed E-state index contributed by atoms with van der Waals surface area (Å²) >= 11 is 0. The molecule has 1 saturated carbocycles. The van der Waals surface area contributed by atoms with E-state index in [-0.39, 0.29) is 20.1 Å². The smallest absolute Gasteiger partial charge is 0.201 e. The first-order chi connectivity index (χ1) is 17.6. The molecule has 1 nitrogen and oxygen atoms in total. The van der Waals surface area contributed by atoms with Gasteiger partial charge in [-0.15, -0.1) is 0 Å². The summed E-state index contributed by atoms with van der Waals surface area (Å²) in [7, 11) is -0.0147. The van der Waals surface area contributed by atoms with Crippen molar-refractivity contribution in [3.05, 3.63) is 53.6 Å². The van der Waals surface area contributed by atoms with Gasteiger partial charge < -0.3 is 4.74 Å². The molecule has 197 valence electrons. The molecule has 2 aromatic carbocycles. The van der Waals surface area contributed by atoms with Gasteiger partial charge in [0.2, 0.25) is 5.82 Å². The molecule has 2 fully saturated rings. The summed E-state index contributed by atoms with van der Waals surface area (Å²) in [6.07, 6.45) is 15.3. The minimum absolute atomic E-state index is 0.0147. The standard InChI is InChI=1S/C32H45F2OSi/c1-3-5-6-21-36-22-19-27(20-23-36)26-13-9-24(10-14-26)7-8-25-11-15-28(16-12-25)29-17-18-30(35-4-2)32(34)31(29)33/h11-12,15-18,24,26-27H,3-10,13-14,19-23H2,1-2H3. The van der Waals surface area contributed by atoms with E-state index in [2.05, 4.69) is 19.1 Å². The molecule has 1 heterocycles. The first kappa shape index (κ1) is 27.4. The Labute approximate surface area is 219 Å². The highest BCUT2D eigenvalue weighted by Gasteiger charge is 2.31. The van der Waals surface area contributed by atoms with E-state index >= 15 is 0 Å². The van der Waals surface area contributed by atoms with Crippen LogP contribution in [0.4, 0.5) is 8.78 Å². The minimum Gasteiger partial charge on any atom is -0.491 e. The van der Waals surface area contributed by atoms with Crippen molar-refractivity contribution in [2.45, 2.75) is 103 Å². The Morgan fingerprint density at radius 1 is 0.806 bits per heavy atom. The number of unbranched alkanes of at least 4 members (excludes halogenated alkanes) is 2. The van der Waals surface area contributed by atoms with Crippen LogP contribution >= 0.6 is 0 Å². The molecule has 1 saturated heterocycles. The number of hydrogen-bond donors (Lipinski definition) is 0. The molecule has 2 aromatic rings. The van der Waals surface area contributed by atoms with Crippen molar-refractivity contribution in [2.24, 2.45) is 17.8 Å². The predicted molar refractivity (Wildman–Crippen MR) is 149 cm³/mol. The van der Waals surface area contributed by atoms with Crippen LogP contribution in [0.15, 0.2) is 36.4 Å². The molecule has 0 bridgehead atoms. The van der Waals surface area contributed by atoms with Gasteiger partial charge in [0.15, 0.2) is 11.6 Å². The van der Waals surface area contributed by atoms with Gasteiger partial charge in [-0.2, -0.15) is 4.39 Å². The largest absolute Gasteiger partial charge is 0.491 e. The van der Waals surface area contributed by atoms with E-state index in [4.69, 9.17) is 4.74 Å². The van der Waals surface area contributed by atoms with Crippen molar-refractivity contribution in [1.82, 2.24) is 0 Å². The first-order valence-corrected chi connectivity index (χ1v) is 16.7. The van der Waals surface area contributed by atoms with Crippen molar-refractivity contribution >= 4 is 8.80 Å². The van der Waals surface area contributed by atoms with Gasteiger partial charge in [-0.05, 0) is 73.6 Å². The van der Waals surface area contributed by atoms with Crippen molar-refractivity contribution < 1.29 is 13.5 Å². The zero-order valence-electron chi connectivity index (χ0n) is 22.5. The third-order valence-corrected chi connectivity index (χ3v) is 11.9. The van der Waals surface area contributed by atoms with Gasteiger partial charge in [-0.3, -0.25) is 0 Å². The molecule has 0 N–H and O–H groups in total. The quantitative estimate of drug-likeness (QED) is 0.215. The lowest BCUT2D eigenvalue weighted by atomic mass is 9.73. The van der Waals surface area contributed by atoms with Gasteiger partial charge >= 0.3 is 0 Å². The predicted octanol–water partition coefficient (Wildman–Crippen LogP) is 9.86. The Balaban J connectivity index is 1.20. The third-order valence-electron chi connectivity index (χ3n) is 8.88. The van der Waals surface area contributed by atoms with Gasteiger partial charge in [0.05, 0.1) is 6.61 Å². The molecule has 1 radical (unpaired) electrons. The number of benzene rings is 2. The molecule has 0 atom stereocenters. The van der Waals surface area contributed by atoms with Crippen LogP contribution in [0, 0.1) is 29.4 Å². The highest BCUT2D eigenvalue weighted by molar-refractivity contribution is 6.58. The molecular weight excluding hydrogens is 466 g/mol. The number of ether oxygens (including phenoxy) is 1. The monoisotopic (exact) mass is 511 g/mol. The molecule has 0 amide bonds. The van der Waals surface area contributed by atoms with Crippen LogP contribution < -0.4 is 4.74 Å². The SMILES string of the molecule is CCCCC[Si]1CCC(C2CCC(CCc3ccc(-c4ccc(OCC)c(F)c4F)cc3)CC2)CC1. The Morgan fingerprint density at radius 2 is 1.50 bits per heavy atom. The lowest BCUT2D eigenvalue weighted by Gasteiger charge is -2.37. The summed E-state index contributed by atoms with van der Waals surface area (Å²) in [4.78, 5) is 0. The van der Waals surface area contributed by atoms with E-state index in [1.807, 2.05) is 12.1 Å². The second-order valence-corrected chi connectivity index (χ2v) is 14.2. The summed E-state index contributed by atoms with van der Waals surface area (Å²) in [5.74, 6) is 1.08. The van der Waals surface area contributed by atoms with Crippen LogP contribution in [-0.2, 0) is 6.42 Å². The molecule has 0 spiro atoms.